The van der Waals surface area contributed by atoms with Gasteiger partial charge < -0.3 is 15.2 Å². The molecule has 1 saturated heterocycles. The van der Waals surface area contributed by atoms with E-state index in [-0.39, 0.29) is 5.56 Å². The van der Waals surface area contributed by atoms with Gasteiger partial charge in [-0.05, 0) is 13.0 Å². The Balaban J connectivity index is 2.18. The van der Waals surface area contributed by atoms with E-state index < -0.39 is 0 Å². The first-order chi connectivity index (χ1) is 8.75. The van der Waals surface area contributed by atoms with Gasteiger partial charge in [-0.25, -0.2) is 0 Å². The van der Waals surface area contributed by atoms with Gasteiger partial charge in [-0.2, -0.15) is 0 Å². The molecule has 0 bridgehead atoms. The van der Waals surface area contributed by atoms with Crippen LogP contribution in [0.3, 0.4) is 0 Å². The van der Waals surface area contributed by atoms with Crippen molar-refractivity contribution in [3.8, 4) is 0 Å². The van der Waals surface area contributed by atoms with Gasteiger partial charge in [0.2, 0.25) is 5.56 Å². The lowest BCUT2D eigenvalue weighted by atomic mass is 10.1. The number of anilines is 1. The predicted octanol–water partition coefficient (Wildman–Crippen LogP) is 1.33. The summed E-state index contributed by atoms with van der Waals surface area (Å²) in [5.41, 5.74) is 1.92. The van der Waals surface area contributed by atoms with E-state index in [1.807, 2.05) is 18.2 Å². The predicted molar refractivity (Wildman–Crippen MR) is 74.2 cm³/mol. The molecule has 1 aromatic carbocycles. The maximum Gasteiger partial charge on any atom is 0.250 e. The highest BCUT2D eigenvalue weighted by Gasteiger charge is 2.20. The molecule has 0 saturated carbocycles. The quantitative estimate of drug-likeness (QED) is 0.794. The van der Waals surface area contributed by atoms with Crippen LogP contribution in [-0.4, -0.2) is 30.7 Å². The topological polar surface area (TPSA) is 48.1 Å². The molecular weight excluding hydrogens is 226 g/mol. The van der Waals surface area contributed by atoms with Crippen LogP contribution in [0.1, 0.15) is 6.92 Å². The third kappa shape index (κ3) is 1.88. The number of benzene rings is 1. The van der Waals surface area contributed by atoms with Gasteiger partial charge in [-0.1, -0.05) is 18.2 Å². The van der Waals surface area contributed by atoms with E-state index in [1.54, 1.807) is 6.07 Å². The number of fused-ring (bicyclic) bond motifs is 1. The second-order valence-corrected chi connectivity index (χ2v) is 4.81. The van der Waals surface area contributed by atoms with Crippen LogP contribution in [0.5, 0.6) is 0 Å². The summed E-state index contributed by atoms with van der Waals surface area (Å²) in [5.74, 6) is 0. The highest BCUT2D eigenvalue weighted by molar-refractivity contribution is 5.91. The molecule has 4 nitrogen and oxygen atoms in total. The maximum absolute atomic E-state index is 11.8. The average Bonchev–Trinajstić information content (AvgIpc) is 2.38. The molecule has 0 radical (unpaired) electrons. The molecule has 1 fully saturated rings. The molecule has 0 aliphatic carbocycles. The Morgan fingerprint density at radius 3 is 3.00 bits per heavy atom. The number of nitrogens with one attached hydrogen (secondary N) is 2. The van der Waals surface area contributed by atoms with Crippen LogP contribution in [0.4, 0.5) is 5.69 Å². The maximum atomic E-state index is 11.8. The Bertz CT molecular complexity index is 620. The highest BCUT2D eigenvalue weighted by Crippen LogP contribution is 2.25. The highest BCUT2D eigenvalue weighted by atomic mass is 16.1. The lowest BCUT2D eigenvalue weighted by Gasteiger charge is -2.36. The second-order valence-electron chi connectivity index (χ2n) is 4.81. The van der Waals surface area contributed by atoms with E-state index in [1.165, 1.54) is 0 Å². The van der Waals surface area contributed by atoms with Gasteiger partial charge in [0.15, 0.2) is 0 Å². The SMILES string of the molecule is CC1CNCCN1c1cc(=O)[nH]c2ccccc12. The molecule has 94 valence electrons. The number of piperazine rings is 1. The van der Waals surface area contributed by atoms with Crippen LogP contribution >= 0.6 is 0 Å². The Morgan fingerprint density at radius 1 is 1.33 bits per heavy atom. The van der Waals surface area contributed by atoms with Gasteiger partial charge in [0.25, 0.3) is 0 Å². The summed E-state index contributed by atoms with van der Waals surface area (Å²) in [6, 6.07) is 10.1. The molecular formula is C14H17N3O. The minimum Gasteiger partial charge on any atom is -0.366 e. The summed E-state index contributed by atoms with van der Waals surface area (Å²) in [7, 11) is 0. The molecule has 2 aromatic rings. The lowest BCUT2D eigenvalue weighted by Crippen LogP contribution is -2.50. The number of pyridine rings is 1. The molecule has 1 aliphatic heterocycles. The lowest BCUT2D eigenvalue weighted by molar-refractivity contribution is 0.501. The number of aromatic amines is 1. The van der Waals surface area contributed by atoms with Crippen molar-refractivity contribution in [1.82, 2.24) is 10.3 Å². The molecule has 2 N–H and O–H groups in total. The molecule has 1 atom stereocenters. The first kappa shape index (κ1) is 11.3. The van der Waals surface area contributed by atoms with Crippen LogP contribution < -0.4 is 15.8 Å². The van der Waals surface area contributed by atoms with E-state index in [0.29, 0.717) is 6.04 Å². The van der Waals surface area contributed by atoms with Gasteiger partial charge in [0.1, 0.15) is 0 Å². The van der Waals surface area contributed by atoms with E-state index in [4.69, 9.17) is 0 Å². The van der Waals surface area contributed by atoms with Crippen molar-refractivity contribution >= 4 is 16.6 Å². The van der Waals surface area contributed by atoms with Crippen molar-refractivity contribution in [3.63, 3.8) is 0 Å². The van der Waals surface area contributed by atoms with Crippen molar-refractivity contribution in [2.24, 2.45) is 0 Å². The third-order valence-electron chi connectivity index (χ3n) is 3.54. The number of rotatable bonds is 1. The van der Waals surface area contributed by atoms with Gasteiger partial charge in [0, 0.05) is 37.1 Å². The van der Waals surface area contributed by atoms with Crippen LogP contribution in [0.25, 0.3) is 10.9 Å². The average molecular weight is 243 g/mol. The fourth-order valence-electron chi connectivity index (χ4n) is 2.62. The normalized spacial score (nSPS) is 20.3. The first-order valence-electron chi connectivity index (χ1n) is 6.35. The summed E-state index contributed by atoms with van der Waals surface area (Å²) in [5, 5.41) is 4.49. The smallest absolute Gasteiger partial charge is 0.250 e. The van der Waals surface area contributed by atoms with E-state index in [2.05, 4.69) is 28.2 Å². The molecule has 18 heavy (non-hydrogen) atoms. The fourth-order valence-corrected chi connectivity index (χ4v) is 2.62. The van der Waals surface area contributed by atoms with Crippen LogP contribution in [-0.2, 0) is 0 Å². The van der Waals surface area contributed by atoms with Crippen molar-refractivity contribution in [3.05, 3.63) is 40.7 Å². The number of para-hydroxylation sites is 1. The Morgan fingerprint density at radius 2 is 2.17 bits per heavy atom. The van der Waals surface area contributed by atoms with Crippen LogP contribution in [0, 0.1) is 0 Å². The number of hydrogen-bond acceptors (Lipinski definition) is 3. The summed E-state index contributed by atoms with van der Waals surface area (Å²) >= 11 is 0. The molecule has 4 heteroatoms. The third-order valence-corrected chi connectivity index (χ3v) is 3.54. The van der Waals surface area contributed by atoms with Crippen LogP contribution in [0.2, 0.25) is 0 Å². The zero-order chi connectivity index (χ0) is 12.5. The molecule has 1 aliphatic rings. The molecule has 0 amide bonds. The Kier molecular flexibility index (Phi) is 2.80. The Labute approximate surface area is 106 Å². The minimum absolute atomic E-state index is 0.0329. The second kappa shape index (κ2) is 4.46. The van der Waals surface area contributed by atoms with E-state index in [9.17, 15) is 4.79 Å². The summed E-state index contributed by atoms with van der Waals surface area (Å²) in [6.45, 7) is 5.04. The van der Waals surface area contributed by atoms with Gasteiger partial charge in [-0.3, -0.25) is 4.79 Å². The minimum atomic E-state index is -0.0329. The monoisotopic (exact) mass is 243 g/mol. The van der Waals surface area contributed by atoms with Gasteiger partial charge in [-0.15, -0.1) is 0 Å². The van der Waals surface area contributed by atoms with Crippen LogP contribution in [0.15, 0.2) is 35.1 Å². The standard InChI is InChI=1S/C14H17N3O/c1-10-9-15-6-7-17(10)13-8-14(18)16-12-5-3-2-4-11(12)13/h2-5,8,10,15H,6-7,9H2,1H3,(H,16,18). The molecule has 2 heterocycles. The molecule has 0 spiro atoms. The van der Waals surface area contributed by atoms with E-state index >= 15 is 0 Å². The largest absolute Gasteiger partial charge is 0.366 e. The number of aromatic nitrogens is 1. The zero-order valence-corrected chi connectivity index (χ0v) is 10.4. The molecule has 3 rings (SSSR count). The van der Waals surface area contributed by atoms with Crippen molar-refractivity contribution in [1.29, 1.82) is 0 Å². The van der Waals surface area contributed by atoms with Gasteiger partial charge in [0.05, 0.1) is 11.2 Å². The number of H-pyrrole nitrogens is 1. The summed E-state index contributed by atoms with van der Waals surface area (Å²) in [4.78, 5) is 17.0. The van der Waals surface area contributed by atoms with E-state index in [0.717, 1.165) is 36.2 Å². The zero-order valence-electron chi connectivity index (χ0n) is 10.4. The number of nitrogens with zero attached hydrogens (tertiary/aromatic N) is 1. The summed E-state index contributed by atoms with van der Waals surface area (Å²) in [6.07, 6.45) is 0. The van der Waals surface area contributed by atoms with Crippen molar-refractivity contribution in [2.45, 2.75) is 13.0 Å². The van der Waals surface area contributed by atoms with Gasteiger partial charge >= 0.3 is 0 Å². The summed E-state index contributed by atoms with van der Waals surface area (Å²) < 4.78 is 0. The molecule has 1 unspecified atom stereocenters. The van der Waals surface area contributed by atoms with Crippen molar-refractivity contribution < 1.29 is 0 Å². The molecule has 1 aromatic heterocycles. The van der Waals surface area contributed by atoms with Crippen molar-refractivity contribution in [2.75, 3.05) is 24.5 Å². The number of hydrogen-bond donors (Lipinski definition) is 2. The fraction of sp³-hybridized carbons (Fsp3) is 0.357. The Hall–Kier alpha value is -1.81. The first-order valence-corrected chi connectivity index (χ1v) is 6.35.